The summed E-state index contributed by atoms with van der Waals surface area (Å²) in [5.41, 5.74) is 6.23. The van der Waals surface area contributed by atoms with Gasteiger partial charge in [0.25, 0.3) is 5.91 Å². The second-order valence-corrected chi connectivity index (χ2v) is 8.13. The summed E-state index contributed by atoms with van der Waals surface area (Å²) < 4.78 is 13.5. The molecule has 4 rings (SSSR count). The molecule has 3 aromatic carbocycles. The number of rotatable bonds is 3. The van der Waals surface area contributed by atoms with E-state index in [1.165, 1.54) is 12.1 Å². The highest BCUT2D eigenvalue weighted by Crippen LogP contribution is 2.31. The number of amides is 1. The molecular weight excluding hydrogens is 399 g/mol. The molecule has 1 aliphatic heterocycles. The Morgan fingerprint density at radius 3 is 2.50 bits per heavy atom. The molecule has 1 atom stereocenters. The molecule has 0 radical (unpaired) electrons. The van der Waals surface area contributed by atoms with E-state index in [-0.39, 0.29) is 11.7 Å². The molecule has 1 aliphatic rings. The minimum Gasteiger partial charge on any atom is -0.313 e. The quantitative estimate of drug-likeness (QED) is 0.549. The zero-order valence-electron chi connectivity index (χ0n) is 17.1. The van der Waals surface area contributed by atoms with Gasteiger partial charge in [-0.15, -0.1) is 0 Å². The van der Waals surface area contributed by atoms with Crippen molar-refractivity contribution in [2.75, 3.05) is 11.9 Å². The lowest BCUT2D eigenvalue weighted by atomic mass is 9.98. The average molecular weight is 421 g/mol. The highest BCUT2D eigenvalue weighted by molar-refractivity contribution is 6.32. The molecule has 1 amide bonds. The van der Waals surface area contributed by atoms with E-state index in [4.69, 9.17) is 16.6 Å². The third kappa shape index (κ3) is 3.88. The van der Waals surface area contributed by atoms with Gasteiger partial charge in [0.15, 0.2) is 0 Å². The third-order valence-corrected chi connectivity index (χ3v) is 5.75. The molecule has 30 heavy (non-hydrogen) atoms. The molecule has 0 saturated carbocycles. The third-order valence-electron chi connectivity index (χ3n) is 5.51. The minimum absolute atomic E-state index is 0.0865. The van der Waals surface area contributed by atoms with Gasteiger partial charge in [-0.2, -0.15) is 0 Å². The van der Waals surface area contributed by atoms with E-state index in [0.717, 1.165) is 33.5 Å². The van der Waals surface area contributed by atoms with E-state index < -0.39 is 6.04 Å². The maximum atomic E-state index is 13.5. The maximum absolute atomic E-state index is 13.5. The fraction of sp³-hybridized carbons (Fsp3) is 0.200. The number of anilines is 1. The van der Waals surface area contributed by atoms with E-state index >= 15 is 0 Å². The van der Waals surface area contributed by atoms with E-state index in [1.807, 2.05) is 26.0 Å². The van der Waals surface area contributed by atoms with Gasteiger partial charge in [-0.3, -0.25) is 9.79 Å². The van der Waals surface area contributed by atoms with Crippen molar-refractivity contribution in [1.82, 2.24) is 0 Å². The van der Waals surface area contributed by atoms with Crippen LogP contribution in [0.1, 0.15) is 27.8 Å². The largest absolute Gasteiger partial charge is 0.313 e. The zero-order chi connectivity index (χ0) is 21.4. The maximum Gasteiger partial charge on any atom is 0.251 e. The Bertz CT molecular complexity index is 1150. The summed E-state index contributed by atoms with van der Waals surface area (Å²) in [5.74, 6) is -0.406. The van der Waals surface area contributed by atoms with Crippen LogP contribution in [-0.2, 0) is 11.2 Å². The van der Waals surface area contributed by atoms with E-state index in [1.54, 1.807) is 30.1 Å². The number of carbonyl (C=O) groups is 1. The normalized spacial score (nSPS) is 16.2. The number of aryl methyl sites for hydroxylation is 2. The first-order valence-electron chi connectivity index (χ1n) is 9.81. The molecule has 5 heteroatoms. The van der Waals surface area contributed by atoms with Crippen molar-refractivity contribution in [1.29, 1.82) is 0 Å². The Kier molecular flexibility index (Phi) is 5.44. The molecule has 0 aliphatic carbocycles. The van der Waals surface area contributed by atoms with Crippen LogP contribution in [0.2, 0.25) is 5.02 Å². The van der Waals surface area contributed by atoms with Crippen molar-refractivity contribution in [3.05, 3.63) is 99.3 Å². The number of halogens is 2. The number of hydrogen-bond acceptors (Lipinski definition) is 2. The number of likely N-dealkylation sites (N-methyl/N-ethyl adjacent to an activating group) is 1. The van der Waals surface area contributed by atoms with Crippen LogP contribution in [0.25, 0.3) is 0 Å². The SMILES string of the molecule is Cc1ccc(C)c(CC2N=C(c3ccc(F)cc3)c3cc(Cl)ccc3N(C)C2=O)c1. The molecule has 0 spiro atoms. The molecule has 0 aromatic heterocycles. The Hall–Kier alpha value is -2.98. The van der Waals surface area contributed by atoms with Crippen molar-refractivity contribution >= 4 is 28.9 Å². The van der Waals surface area contributed by atoms with E-state index in [2.05, 4.69) is 18.2 Å². The molecule has 1 heterocycles. The van der Waals surface area contributed by atoms with Gasteiger partial charge in [0, 0.05) is 29.6 Å². The summed E-state index contributed by atoms with van der Waals surface area (Å²) in [6, 6.07) is 17.2. The second kappa shape index (κ2) is 8.04. The standard InChI is InChI=1S/C25H22ClFN2O/c1-15-4-5-16(2)18(12-15)13-22-25(30)29(3)23-11-8-19(26)14-21(23)24(28-22)17-6-9-20(27)10-7-17/h4-12,14,22H,13H2,1-3H3. The van der Waals surface area contributed by atoms with Gasteiger partial charge in [-0.1, -0.05) is 35.4 Å². The number of fused-ring (bicyclic) bond motifs is 1. The number of benzodiazepines with no additional fused rings is 1. The molecular formula is C25H22ClFN2O. The van der Waals surface area contributed by atoms with Crippen molar-refractivity contribution < 1.29 is 9.18 Å². The predicted molar refractivity (Wildman–Crippen MR) is 120 cm³/mol. The lowest BCUT2D eigenvalue weighted by Crippen LogP contribution is -2.36. The van der Waals surface area contributed by atoms with Gasteiger partial charge in [0.05, 0.1) is 11.4 Å². The Morgan fingerprint density at radius 1 is 1.03 bits per heavy atom. The van der Waals surface area contributed by atoms with E-state index in [0.29, 0.717) is 17.2 Å². The number of carbonyl (C=O) groups excluding carboxylic acids is 1. The first kappa shape index (κ1) is 20.3. The van der Waals surface area contributed by atoms with Crippen LogP contribution < -0.4 is 4.90 Å². The van der Waals surface area contributed by atoms with Crippen LogP contribution in [0.5, 0.6) is 0 Å². The molecule has 0 N–H and O–H groups in total. The van der Waals surface area contributed by atoms with Gasteiger partial charge in [0.2, 0.25) is 0 Å². The molecule has 152 valence electrons. The Balaban J connectivity index is 1.88. The predicted octanol–water partition coefficient (Wildman–Crippen LogP) is 5.52. The van der Waals surface area contributed by atoms with Crippen molar-refractivity contribution in [2.24, 2.45) is 4.99 Å². The zero-order valence-corrected chi connectivity index (χ0v) is 17.9. The fourth-order valence-electron chi connectivity index (χ4n) is 3.81. The highest BCUT2D eigenvalue weighted by atomic mass is 35.5. The van der Waals surface area contributed by atoms with Gasteiger partial charge in [0.1, 0.15) is 11.9 Å². The summed E-state index contributed by atoms with van der Waals surface area (Å²) in [5, 5.41) is 0.553. The molecule has 1 unspecified atom stereocenters. The lowest BCUT2D eigenvalue weighted by molar-refractivity contribution is -0.119. The van der Waals surface area contributed by atoms with Crippen LogP contribution in [0.4, 0.5) is 10.1 Å². The fourth-order valence-corrected chi connectivity index (χ4v) is 3.98. The molecule has 3 nitrogen and oxygen atoms in total. The number of nitrogens with zero attached hydrogens (tertiary/aromatic N) is 2. The number of benzene rings is 3. The van der Waals surface area contributed by atoms with Gasteiger partial charge in [-0.05, 0) is 67.4 Å². The van der Waals surface area contributed by atoms with Gasteiger partial charge < -0.3 is 4.90 Å². The summed E-state index contributed by atoms with van der Waals surface area (Å²) in [6.07, 6.45) is 0.489. The highest BCUT2D eigenvalue weighted by Gasteiger charge is 2.30. The van der Waals surface area contributed by atoms with Gasteiger partial charge in [-0.25, -0.2) is 4.39 Å². The summed E-state index contributed by atoms with van der Waals surface area (Å²) in [7, 11) is 1.76. The van der Waals surface area contributed by atoms with Crippen molar-refractivity contribution in [2.45, 2.75) is 26.3 Å². The van der Waals surface area contributed by atoms with Crippen LogP contribution in [0.3, 0.4) is 0 Å². The molecule has 0 bridgehead atoms. The van der Waals surface area contributed by atoms with Crippen LogP contribution in [-0.4, -0.2) is 24.7 Å². The second-order valence-electron chi connectivity index (χ2n) is 7.69. The molecule has 3 aromatic rings. The molecule has 0 saturated heterocycles. The lowest BCUT2D eigenvalue weighted by Gasteiger charge is -2.21. The minimum atomic E-state index is -0.596. The Labute approximate surface area is 180 Å². The van der Waals surface area contributed by atoms with E-state index in [9.17, 15) is 9.18 Å². The van der Waals surface area contributed by atoms with Crippen molar-refractivity contribution in [3.63, 3.8) is 0 Å². The first-order valence-corrected chi connectivity index (χ1v) is 10.2. The molecule has 0 fully saturated rings. The summed E-state index contributed by atoms with van der Waals surface area (Å²) in [4.78, 5) is 19.9. The Morgan fingerprint density at radius 2 is 1.77 bits per heavy atom. The number of aliphatic imine (C=N–C) groups is 1. The monoisotopic (exact) mass is 420 g/mol. The smallest absolute Gasteiger partial charge is 0.251 e. The number of hydrogen-bond donors (Lipinski definition) is 0. The van der Waals surface area contributed by atoms with Crippen LogP contribution in [0.15, 0.2) is 65.7 Å². The summed E-state index contributed by atoms with van der Waals surface area (Å²) in [6.45, 7) is 4.08. The first-order chi connectivity index (χ1) is 14.3. The topological polar surface area (TPSA) is 32.7 Å². The van der Waals surface area contributed by atoms with Crippen molar-refractivity contribution in [3.8, 4) is 0 Å². The van der Waals surface area contributed by atoms with Gasteiger partial charge >= 0.3 is 0 Å². The summed E-state index contributed by atoms with van der Waals surface area (Å²) >= 11 is 6.28. The van der Waals surface area contributed by atoms with Crippen LogP contribution >= 0.6 is 11.6 Å². The average Bonchev–Trinajstić information content (AvgIpc) is 2.82. The van der Waals surface area contributed by atoms with Crippen LogP contribution in [0, 0.1) is 19.7 Å².